The van der Waals surface area contributed by atoms with Crippen molar-refractivity contribution in [3.05, 3.63) is 68.9 Å². The molecular formula is C18H13BrN6O2S. The molecule has 10 heteroatoms. The summed E-state index contributed by atoms with van der Waals surface area (Å²) in [6.45, 7) is 2.00. The number of hydrogen-bond acceptors (Lipinski definition) is 8. The average Bonchev–Trinajstić information content (AvgIpc) is 3.05. The molecule has 0 saturated heterocycles. The molecule has 0 radical (unpaired) electrons. The number of fused-ring (bicyclic) bond motifs is 1. The molecule has 0 saturated carbocycles. The smallest absolute Gasteiger partial charge is 0.334 e. The maximum atomic E-state index is 11.7. The Labute approximate surface area is 172 Å². The van der Waals surface area contributed by atoms with Gasteiger partial charge in [-0.15, -0.1) is 0 Å². The van der Waals surface area contributed by atoms with Crippen LogP contribution in [0.1, 0.15) is 5.56 Å². The Hall–Kier alpha value is -3.11. The fraction of sp³-hybridized carbons (Fsp3) is 0.0556. The number of aryl methyl sites for hydroxylation is 1. The monoisotopic (exact) mass is 456 g/mol. The van der Waals surface area contributed by atoms with Crippen LogP contribution in [0.25, 0.3) is 10.2 Å². The molecule has 0 aliphatic carbocycles. The summed E-state index contributed by atoms with van der Waals surface area (Å²) in [5.74, 6) is 0.178. The van der Waals surface area contributed by atoms with Crippen molar-refractivity contribution in [1.82, 2.24) is 15.0 Å². The topological polar surface area (TPSA) is 106 Å². The number of nitrogens with one attached hydrogen (secondary N) is 2. The number of rotatable bonds is 5. The summed E-state index contributed by atoms with van der Waals surface area (Å²) < 4.78 is 1.90. The van der Waals surface area contributed by atoms with Gasteiger partial charge in [-0.25, -0.2) is 15.0 Å². The number of nitro groups is 1. The van der Waals surface area contributed by atoms with E-state index >= 15 is 0 Å². The third-order valence-corrected chi connectivity index (χ3v) is 5.34. The molecule has 0 amide bonds. The molecule has 2 N–H and O–H groups in total. The van der Waals surface area contributed by atoms with E-state index < -0.39 is 4.92 Å². The fourth-order valence-electron chi connectivity index (χ4n) is 2.59. The lowest BCUT2D eigenvalue weighted by atomic mass is 10.2. The van der Waals surface area contributed by atoms with Crippen LogP contribution in [0.3, 0.4) is 0 Å². The zero-order valence-corrected chi connectivity index (χ0v) is 16.9. The molecule has 4 aromatic rings. The number of thiazole rings is 1. The van der Waals surface area contributed by atoms with Crippen LogP contribution in [0, 0.1) is 17.0 Å². The van der Waals surface area contributed by atoms with Crippen LogP contribution < -0.4 is 10.6 Å². The number of aromatic nitrogens is 3. The van der Waals surface area contributed by atoms with Gasteiger partial charge < -0.3 is 10.6 Å². The van der Waals surface area contributed by atoms with Gasteiger partial charge in [-0.3, -0.25) is 10.1 Å². The summed E-state index contributed by atoms with van der Waals surface area (Å²) >= 11 is 4.77. The average molecular weight is 457 g/mol. The summed E-state index contributed by atoms with van der Waals surface area (Å²) in [5.41, 5.74) is 2.37. The number of benzene rings is 2. The van der Waals surface area contributed by atoms with Gasteiger partial charge in [-0.2, -0.15) is 0 Å². The minimum absolute atomic E-state index is 0.0791. The van der Waals surface area contributed by atoms with Gasteiger partial charge in [0.05, 0.1) is 15.1 Å². The van der Waals surface area contributed by atoms with E-state index in [4.69, 9.17) is 0 Å². The van der Waals surface area contributed by atoms with Gasteiger partial charge in [0.2, 0.25) is 11.6 Å². The predicted molar refractivity (Wildman–Crippen MR) is 114 cm³/mol. The molecule has 0 aliphatic rings. The molecule has 0 spiro atoms. The summed E-state index contributed by atoms with van der Waals surface area (Å²) in [4.78, 5) is 23.8. The van der Waals surface area contributed by atoms with Crippen molar-refractivity contribution in [1.29, 1.82) is 0 Å². The minimum Gasteiger partial charge on any atom is -0.334 e. The van der Waals surface area contributed by atoms with E-state index in [2.05, 4.69) is 41.5 Å². The SMILES string of the molecule is Cc1ccc2nc(Nc3ncnc(Nc4ccc(Br)cc4)c3[N+](=O)[O-])sc2c1. The summed E-state index contributed by atoms with van der Waals surface area (Å²) in [7, 11) is 0. The third-order valence-electron chi connectivity index (χ3n) is 3.88. The summed E-state index contributed by atoms with van der Waals surface area (Å²) in [5, 5.41) is 18.2. The van der Waals surface area contributed by atoms with Crippen molar-refractivity contribution in [2.24, 2.45) is 0 Å². The van der Waals surface area contributed by atoms with Gasteiger partial charge >= 0.3 is 5.69 Å². The Morgan fingerprint density at radius 3 is 2.50 bits per heavy atom. The van der Waals surface area contributed by atoms with E-state index in [1.165, 1.54) is 17.7 Å². The minimum atomic E-state index is -0.513. The van der Waals surface area contributed by atoms with Gasteiger partial charge in [0.1, 0.15) is 6.33 Å². The highest BCUT2D eigenvalue weighted by atomic mass is 79.9. The third kappa shape index (κ3) is 3.78. The second kappa shape index (κ2) is 7.49. The summed E-state index contributed by atoms with van der Waals surface area (Å²) in [6, 6.07) is 13.2. The van der Waals surface area contributed by atoms with Crippen molar-refractivity contribution in [2.45, 2.75) is 6.92 Å². The first-order valence-corrected chi connectivity index (χ1v) is 9.77. The van der Waals surface area contributed by atoms with Crippen LogP contribution in [0.15, 0.2) is 53.3 Å². The molecular weight excluding hydrogens is 444 g/mol. The maximum Gasteiger partial charge on any atom is 0.353 e. The molecule has 4 rings (SSSR count). The molecule has 0 fully saturated rings. The van der Waals surface area contributed by atoms with Crippen molar-refractivity contribution in [2.75, 3.05) is 10.6 Å². The van der Waals surface area contributed by atoms with E-state index in [1.54, 1.807) is 12.1 Å². The molecule has 28 heavy (non-hydrogen) atoms. The standard InChI is InChI=1S/C18H13BrN6O2S/c1-10-2-7-13-14(8-10)28-18(23-13)24-17-15(25(26)27)16(20-9-21-17)22-12-5-3-11(19)4-6-12/h2-9H,1H3,(H2,20,21,22,23,24). The van der Waals surface area contributed by atoms with Gasteiger partial charge in [0, 0.05) is 10.2 Å². The van der Waals surface area contributed by atoms with Crippen LogP contribution >= 0.6 is 27.3 Å². The molecule has 2 aromatic carbocycles. The van der Waals surface area contributed by atoms with Gasteiger partial charge in [0.15, 0.2) is 5.13 Å². The van der Waals surface area contributed by atoms with Crippen molar-refractivity contribution < 1.29 is 4.92 Å². The number of halogens is 1. The van der Waals surface area contributed by atoms with E-state index in [9.17, 15) is 10.1 Å². The highest BCUT2D eigenvalue weighted by Crippen LogP contribution is 2.35. The van der Waals surface area contributed by atoms with E-state index in [1.807, 2.05) is 37.3 Å². The molecule has 0 aliphatic heterocycles. The van der Waals surface area contributed by atoms with Gasteiger partial charge in [0.25, 0.3) is 0 Å². The zero-order chi connectivity index (χ0) is 19.7. The second-order valence-electron chi connectivity index (χ2n) is 5.92. The Morgan fingerprint density at radius 2 is 1.79 bits per heavy atom. The molecule has 8 nitrogen and oxygen atoms in total. The van der Waals surface area contributed by atoms with Crippen LogP contribution in [-0.2, 0) is 0 Å². The lowest BCUT2D eigenvalue weighted by Gasteiger charge is -2.09. The lowest BCUT2D eigenvalue weighted by molar-refractivity contribution is -0.383. The molecule has 2 heterocycles. The Kier molecular flexibility index (Phi) is 4.88. The molecule has 0 bridgehead atoms. The van der Waals surface area contributed by atoms with Gasteiger partial charge in [-0.1, -0.05) is 33.3 Å². The Balaban J connectivity index is 1.69. The fourth-order valence-corrected chi connectivity index (χ4v) is 3.82. The molecule has 2 aromatic heterocycles. The molecule has 0 atom stereocenters. The largest absolute Gasteiger partial charge is 0.353 e. The van der Waals surface area contributed by atoms with Crippen LogP contribution in [0.5, 0.6) is 0 Å². The van der Waals surface area contributed by atoms with Crippen LogP contribution in [0.4, 0.5) is 28.1 Å². The highest BCUT2D eigenvalue weighted by molar-refractivity contribution is 9.10. The number of nitrogens with zero attached hydrogens (tertiary/aromatic N) is 4. The van der Waals surface area contributed by atoms with Crippen molar-refractivity contribution >= 4 is 65.6 Å². The molecule has 140 valence electrons. The van der Waals surface area contributed by atoms with Crippen LogP contribution in [0.2, 0.25) is 0 Å². The lowest BCUT2D eigenvalue weighted by Crippen LogP contribution is -2.05. The normalized spacial score (nSPS) is 10.8. The first-order valence-electron chi connectivity index (χ1n) is 8.16. The molecule has 0 unspecified atom stereocenters. The maximum absolute atomic E-state index is 11.7. The van der Waals surface area contributed by atoms with E-state index in [0.29, 0.717) is 10.8 Å². The second-order valence-corrected chi connectivity index (χ2v) is 7.87. The Bertz CT molecular complexity index is 1180. The van der Waals surface area contributed by atoms with Crippen molar-refractivity contribution in [3.63, 3.8) is 0 Å². The van der Waals surface area contributed by atoms with E-state index in [-0.39, 0.29) is 17.3 Å². The highest BCUT2D eigenvalue weighted by Gasteiger charge is 2.24. The van der Waals surface area contributed by atoms with Crippen molar-refractivity contribution in [3.8, 4) is 0 Å². The van der Waals surface area contributed by atoms with Crippen LogP contribution in [-0.4, -0.2) is 19.9 Å². The van der Waals surface area contributed by atoms with E-state index in [0.717, 1.165) is 20.3 Å². The zero-order valence-electron chi connectivity index (χ0n) is 14.5. The van der Waals surface area contributed by atoms with Gasteiger partial charge in [-0.05, 0) is 48.9 Å². The summed E-state index contributed by atoms with van der Waals surface area (Å²) in [6.07, 6.45) is 1.27. The first-order chi connectivity index (χ1) is 13.5. The first kappa shape index (κ1) is 18.3. The predicted octanol–water partition coefficient (Wildman–Crippen LogP) is 5.55. The quantitative estimate of drug-likeness (QED) is 0.299. The Morgan fingerprint density at radius 1 is 1.07 bits per heavy atom. The number of hydrogen-bond donors (Lipinski definition) is 2. The number of anilines is 4.